The average Bonchev–Trinajstić information content (AvgIpc) is 2.71. The van der Waals surface area contributed by atoms with Gasteiger partial charge in [-0.3, -0.25) is 4.79 Å². The Morgan fingerprint density at radius 2 is 1.89 bits per heavy atom. The predicted molar refractivity (Wildman–Crippen MR) is 98.2 cm³/mol. The van der Waals surface area contributed by atoms with E-state index >= 15 is 0 Å². The molecule has 0 bridgehead atoms. The van der Waals surface area contributed by atoms with Crippen molar-refractivity contribution in [3.63, 3.8) is 0 Å². The molecule has 0 spiro atoms. The molecule has 2 heterocycles. The van der Waals surface area contributed by atoms with Crippen molar-refractivity contribution in [1.29, 1.82) is 5.26 Å². The van der Waals surface area contributed by atoms with Gasteiger partial charge in [0.15, 0.2) is 0 Å². The van der Waals surface area contributed by atoms with Gasteiger partial charge < -0.3 is 9.80 Å². The number of pyridine rings is 1. The number of nitriles is 1. The first kappa shape index (κ1) is 19.4. The molecule has 8 heteroatoms. The number of carbonyl (C=O) groups is 1. The number of alkyl halides is 3. The number of benzene rings is 1. The number of hydrogen-bond donors (Lipinski definition) is 0. The summed E-state index contributed by atoms with van der Waals surface area (Å²) < 4.78 is 38.3. The van der Waals surface area contributed by atoms with Crippen LogP contribution in [0.2, 0.25) is 0 Å². The van der Waals surface area contributed by atoms with Gasteiger partial charge in [0, 0.05) is 38.5 Å². The summed E-state index contributed by atoms with van der Waals surface area (Å²) in [7, 11) is 0. The molecule has 1 saturated heterocycles. The minimum absolute atomic E-state index is 0.265. The van der Waals surface area contributed by atoms with Crippen molar-refractivity contribution in [2.24, 2.45) is 0 Å². The standard InChI is InChI=1S/C20H17F3N4O/c21-20(22,23)17-5-1-3-15(13-17)6-7-18(28)26-9-11-27(12-10-26)19-16(14-24)4-2-8-25-19/h1-8,13H,9-12H2. The number of nitrogens with zero attached hydrogens (tertiary/aromatic N) is 4. The molecular weight excluding hydrogens is 369 g/mol. The average molecular weight is 386 g/mol. The third-order valence-corrected chi connectivity index (χ3v) is 4.43. The SMILES string of the molecule is N#Cc1cccnc1N1CCN(C(=O)C=Cc2cccc(C(F)(F)F)c2)CC1. The van der Waals surface area contributed by atoms with Crippen LogP contribution in [0.15, 0.2) is 48.7 Å². The molecule has 144 valence electrons. The first-order valence-electron chi connectivity index (χ1n) is 8.63. The lowest BCUT2D eigenvalue weighted by atomic mass is 10.1. The third kappa shape index (κ3) is 4.49. The van der Waals surface area contributed by atoms with Crippen molar-refractivity contribution in [3.05, 3.63) is 65.4 Å². The highest BCUT2D eigenvalue weighted by Gasteiger charge is 2.30. The van der Waals surface area contributed by atoms with E-state index in [-0.39, 0.29) is 5.91 Å². The largest absolute Gasteiger partial charge is 0.416 e. The summed E-state index contributed by atoms with van der Waals surface area (Å²) in [6, 6.07) is 10.3. The van der Waals surface area contributed by atoms with E-state index in [4.69, 9.17) is 0 Å². The van der Waals surface area contributed by atoms with E-state index in [0.717, 1.165) is 12.1 Å². The molecule has 1 aromatic heterocycles. The summed E-state index contributed by atoms with van der Waals surface area (Å²) in [5.74, 6) is 0.329. The van der Waals surface area contributed by atoms with E-state index < -0.39 is 11.7 Å². The molecular formula is C20H17F3N4O. The van der Waals surface area contributed by atoms with Crippen LogP contribution in [0.5, 0.6) is 0 Å². The smallest absolute Gasteiger partial charge is 0.352 e. The number of rotatable bonds is 3. The van der Waals surface area contributed by atoms with Crippen LogP contribution >= 0.6 is 0 Å². The lowest BCUT2D eigenvalue weighted by molar-refractivity contribution is -0.137. The van der Waals surface area contributed by atoms with Crippen LogP contribution < -0.4 is 4.90 Å². The normalized spacial score (nSPS) is 14.9. The Kier molecular flexibility index (Phi) is 5.64. The zero-order chi connectivity index (χ0) is 20.1. The van der Waals surface area contributed by atoms with Crippen LogP contribution in [-0.4, -0.2) is 42.0 Å². The number of hydrogen-bond acceptors (Lipinski definition) is 4. The first-order chi connectivity index (χ1) is 13.4. The quantitative estimate of drug-likeness (QED) is 0.760. The molecule has 1 aliphatic rings. The monoisotopic (exact) mass is 386 g/mol. The van der Waals surface area contributed by atoms with Gasteiger partial charge in [0.1, 0.15) is 11.9 Å². The topological polar surface area (TPSA) is 60.2 Å². The molecule has 1 aromatic carbocycles. The van der Waals surface area contributed by atoms with Gasteiger partial charge in [-0.05, 0) is 35.9 Å². The van der Waals surface area contributed by atoms with Gasteiger partial charge >= 0.3 is 6.18 Å². The van der Waals surface area contributed by atoms with E-state index in [2.05, 4.69) is 11.1 Å². The molecule has 0 unspecified atom stereocenters. The molecule has 28 heavy (non-hydrogen) atoms. The van der Waals surface area contributed by atoms with Crippen molar-refractivity contribution in [2.45, 2.75) is 6.18 Å². The van der Waals surface area contributed by atoms with E-state index in [0.29, 0.717) is 43.1 Å². The Morgan fingerprint density at radius 1 is 1.14 bits per heavy atom. The maximum atomic E-state index is 12.8. The molecule has 0 N–H and O–H groups in total. The van der Waals surface area contributed by atoms with Crippen molar-refractivity contribution in [3.8, 4) is 6.07 Å². The van der Waals surface area contributed by atoms with Gasteiger partial charge in [-0.15, -0.1) is 0 Å². The summed E-state index contributed by atoms with van der Waals surface area (Å²) in [6.07, 6.45) is -0.132. The second-order valence-electron chi connectivity index (χ2n) is 6.26. The van der Waals surface area contributed by atoms with E-state index in [1.807, 2.05) is 4.90 Å². The summed E-state index contributed by atoms with van der Waals surface area (Å²) in [5.41, 5.74) is 0.0417. The molecule has 3 rings (SSSR count). The minimum atomic E-state index is -4.42. The van der Waals surface area contributed by atoms with Crippen molar-refractivity contribution < 1.29 is 18.0 Å². The summed E-state index contributed by atoms with van der Waals surface area (Å²) >= 11 is 0. The number of carbonyl (C=O) groups excluding carboxylic acids is 1. The lowest BCUT2D eigenvalue weighted by Crippen LogP contribution is -2.48. The Balaban J connectivity index is 1.61. The molecule has 0 radical (unpaired) electrons. The molecule has 0 aliphatic carbocycles. The van der Waals surface area contributed by atoms with Gasteiger partial charge in [0.2, 0.25) is 5.91 Å². The zero-order valence-electron chi connectivity index (χ0n) is 14.9. The van der Waals surface area contributed by atoms with E-state index in [1.165, 1.54) is 24.3 Å². The van der Waals surface area contributed by atoms with Gasteiger partial charge in [0.05, 0.1) is 11.1 Å². The molecule has 1 aliphatic heterocycles. The number of piperazine rings is 1. The maximum absolute atomic E-state index is 12.8. The van der Waals surface area contributed by atoms with Crippen LogP contribution in [-0.2, 0) is 11.0 Å². The fourth-order valence-electron chi connectivity index (χ4n) is 2.97. The van der Waals surface area contributed by atoms with Crippen LogP contribution in [0.1, 0.15) is 16.7 Å². The molecule has 1 fully saturated rings. The first-order valence-corrected chi connectivity index (χ1v) is 8.63. The predicted octanol–water partition coefficient (Wildman–Crippen LogP) is 3.33. The number of anilines is 1. The van der Waals surface area contributed by atoms with Crippen molar-refractivity contribution in [1.82, 2.24) is 9.88 Å². The Labute approximate surface area is 160 Å². The Morgan fingerprint density at radius 3 is 2.57 bits per heavy atom. The Hall–Kier alpha value is -3.34. The Bertz CT molecular complexity index is 926. The van der Waals surface area contributed by atoms with Gasteiger partial charge in [0.25, 0.3) is 0 Å². The molecule has 0 saturated carbocycles. The van der Waals surface area contributed by atoms with Crippen molar-refractivity contribution >= 4 is 17.8 Å². The summed E-state index contributed by atoms with van der Waals surface area (Å²) in [5, 5.41) is 9.18. The van der Waals surface area contributed by atoms with Gasteiger partial charge in [-0.25, -0.2) is 4.98 Å². The summed E-state index contributed by atoms with van der Waals surface area (Å²) in [4.78, 5) is 20.2. The summed E-state index contributed by atoms with van der Waals surface area (Å²) in [6.45, 7) is 1.92. The maximum Gasteiger partial charge on any atom is 0.416 e. The second kappa shape index (κ2) is 8.13. The highest BCUT2D eigenvalue weighted by Crippen LogP contribution is 2.29. The van der Waals surface area contributed by atoms with Crippen LogP contribution in [0.3, 0.4) is 0 Å². The minimum Gasteiger partial charge on any atom is -0.352 e. The van der Waals surface area contributed by atoms with E-state index in [1.54, 1.807) is 23.2 Å². The third-order valence-electron chi connectivity index (χ3n) is 4.43. The second-order valence-corrected chi connectivity index (χ2v) is 6.26. The fourth-order valence-corrected chi connectivity index (χ4v) is 2.97. The highest BCUT2D eigenvalue weighted by molar-refractivity contribution is 5.92. The molecule has 2 aromatic rings. The van der Waals surface area contributed by atoms with Gasteiger partial charge in [-0.2, -0.15) is 18.4 Å². The molecule has 0 atom stereocenters. The van der Waals surface area contributed by atoms with Crippen LogP contribution in [0.25, 0.3) is 6.08 Å². The van der Waals surface area contributed by atoms with Crippen LogP contribution in [0.4, 0.5) is 19.0 Å². The zero-order valence-corrected chi connectivity index (χ0v) is 14.9. The lowest BCUT2D eigenvalue weighted by Gasteiger charge is -2.35. The van der Waals surface area contributed by atoms with Gasteiger partial charge in [-0.1, -0.05) is 12.1 Å². The van der Waals surface area contributed by atoms with E-state index in [9.17, 15) is 23.2 Å². The fraction of sp³-hybridized carbons (Fsp3) is 0.250. The highest BCUT2D eigenvalue weighted by atomic mass is 19.4. The number of aromatic nitrogens is 1. The van der Waals surface area contributed by atoms with Crippen LogP contribution in [0, 0.1) is 11.3 Å². The number of amides is 1. The van der Waals surface area contributed by atoms with Crippen molar-refractivity contribution in [2.75, 3.05) is 31.1 Å². The molecule has 1 amide bonds. The number of halogens is 3. The molecule has 5 nitrogen and oxygen atoms in total.